The van der Waals surface area contributed by atoms with E-state index in [1.807, 2.05) is 0 Å². The van der Waals surface area contributed by atoms with Crippen molar-refractivity contribution in [1.29, 1.82) is 0 Å². The predicted molar refractivity (Wildman–Crippen MR) is 59.7 cm³/mol. The first kappa shape index (κ1) is 11.5. The van der Waals surface area contributed by atoms with Crippen LogP contribution < -0.4 is 5.32 Å². The Morgan fingerprint density at radius 1 is 1.43 bits per heavy atom. The van der Waals surface area contributed by atoms with Crippen LogP contribution in [0.15, 0.2) is 24.3 Å². The molecule has 1 N–H and O–H groups in total. The second-order valence-corrected chi connectivity index (χ2v) is 3.47. The average Bonchev–Trinajstić information content (AvgIpc) is 2.19. The van der Waals surface area contributed by atoms with Crippen LogP contribution in [0.2, 0.25) is 0 Å². The molecule has 2 nitrogen and oxygen atoms in total. The summed E-state index contributed by atoms with van der Waals surface area (Å²) in [6.45, 7) is 4.02. The molecule has 1 aliphatic rings. The van der Waals surface area contributed by atoms with E-state index in [0.29, 0.717) is 0 Å². The van der Waals surface area contributed by atoms with Crippen molar-refractivity contribution in [3.63, 3.8) is 0 Å². The number of hydrogen-bond acceptors (Lipinski definition) is 2. The second kappa shape index (κ2) is 5.35. The minimum atomic E-state index is 0. The molecule has 1 aliphatic heterocycles. The van der Waals surface area contributed by atoms with Crippen molar-refractivity contribution in [2.75, 3.05) is 13.2 Å². The molecule has 1 aromatic carbocycles. The summed E-state index contributed by atoms with van der Waals surface area (Å²) in [5.74, 6) is 0. The van der Waals surface area contributed by atoms with Crippen molar-refractivity contribution < 1.29 is 4.74 Å². The first-order valence-electron chi connectivity index (χ1n) is 4.78. The van der Waals surface area contributed by atoms with Crippen LogP contribution in [0.3, 0.4) is 0 Å². The molecule has 1 heterocycles. The summed E-state index contributed by atoms with van der Waals surface area (Å²) >= 11 is 0. The van der Waals surface area contributed by atoms with Gasteiger partial charge in [-0.15, -0.1) is 12.4 Å². The normalized spacial score (nSPS) is 21.4. The molecular formula is C11H16ClNO. The number of rotatable bonds is 1. The Hall–Kier alpha value is -0.570. The van der Waals surface area contributed by atoms with E-state index in [1.54, 1.807) is 0 Å². The lowest BCUT2D eigenvalue weighted by Gasteiger charge is -2.24. The molecule has 14 heavy (non-hydrogen) atoms. The lowest BCUT2D eigenvalue weighted by atomic mass is 10.1. The predicted octanol–water partition coefficient (Wildman–Crippen LogP) is 2.43. The number of halogens is 1. The van der Waals surface area contributed by atoms with Gasteiger partial charge in [-0.25, -0.2) is 0 Å². The number of nitrogens with one attached hydrogen (secondary N) is 1. The lowest BCUT2D eigenvalue weighted by Crippen LogP contribution is -2.31. The van der Waals surface area contributed by atoms with E-state index >= 15 is 0 Å². The third kappa shape index (κ3) is 2.71. The van der Waals surface area contributed by atoms with Crippen LogP contribution in [0.5, 0.6) is 0 Å². The Balaban J connectivity index is 0.000000980. The van der Waals surface area contributed by atoms with Gasteiger partial charge in [-0.1, -0.05) is 29.8 Å². The zero-order valence-corrected chi connectivity index (χ0v) is 9.14. The first-order chi connectivity index (χ1) is 6.36. The van der Waals surface area contributed by atoms with Crippen molar-refractivity contribution in [1.82, 2.24) is 5.32 Å². The summed E-state index contributed by atoms with van der Waals surface area (Å²) in [7, 11) is 0. The smallest absolute Gasteiger partial charge is 0.134 e. The largest absolute Gasteiger partial charge is 0.359 e. The molecule has 0 aliphatic carbocycles. The van der Waals surface area contributed by atoms with Gasteiger partial charge in [-0.2, -0.15) is 0 Å². The molecule has 0 amide bonds. The number of ether oxygens (including phenoxy) is 1. The SMILES string of the molecule is Cc1cccc(C2NCCCO2)c1.Cl. The average molecular weight is 214 g/mol. The van der Waals surface area contributed by atoms with E-state index in [-0.39, 0.29) is 18.6 Å². The van der Waals surface area contributed by atoms with Gasteiger partial charge >= 0.3 is 0 Å². The lowest BCUT2D eigenvalue weighted by molar-refractivity contribution is -0.000342. The van der Waals surface area contributed by atoms with Crippen LogP contribution in [0.25, 0.3) is 0 Å². The molecule has 1 aromatic rings. The molecule has 0 aromatic heterocycles. The van der Waals surface area contributed by atoms with E-state index in [0.717, 1.165) is 19.6 Å². The maximum atomic E-state index is 5.61. The number of aryl methyl sites for hydroxylation is 1. The fourth-order valence-electron chi connectivity index (χ4n) is 1.61. The fraction of sp³-hybridized carbons (Fsp3) is 0.455. The van der Waals surface area contributed by atoms with Crippen molar-refractivity contribution in [3.05, 3.63) is 35.4 Å². The van der Waals surface area contributed by atoms with Crippen LogP contribution in [0.4, 0.5) is 0 Å². The third-order valence-corrected chi connectivity index (χ3v) is 2.28. The first-order valence-corrected chi connectivity index (χ1v) is 4.78. The summed E-state index contributed by atoms with van der Waals surface area (Å²) in [5.41, 5.74) is 2.52. The van der Waals surface area contributed by atoms with Gasteiger partial charge in [0, 0.05) is 6.54 Å². The number of hydrogen-bond donors (Lipinski definition) is 1. The van der Waals surface area contributed by atoms with Gasteiger partial charge in [0.15, 0.2) is 0 Å². The fourth-order valence-corrected chi connectivity index (χ4v) is 1.61. The van der Waals surface area contributed by atoms with Gasteiger partial charge in [-0.05, 0) is 18.9 Å². The zero-order valence-electron chi connectivity index (χ0n) is 8.32. The highest BCUT2D eigenvalue weighted by atomic mass is 35.5. The molecule has 78 valence electrons. The van der Waals surface area contributed by atoms with E-state index in [4.69, 9.17) is 4.74 Å². The maximum absolute atomic E-state index is 5.61. The third-order valence-electron chi connectivity index (χ3n) is 2.28. The van der Waals surface area contributed by atoms with Crippen LogP contribution in [-0.4, -0.2) is 13.2 Å². The highest BCUT2D eigenvalue weighted by Gasteiger charge is 2.14. The molecular weight excluding hydrogens is 198 g/mol. The van der Waals surface area contributed by atoms with Crippen LogP contribution in [0, 0.1) is 6.92 Å². The summed E-state index contributed by atoms with van der Waals surface area (Å²) in [6.07, 6.45) is 1.22. The quantitative estimate of drug-likeness (QED) is 0.774. The van der Waals surface area contributed by atoms with Crippen LogP contribution in [0.1, 0.15) is 23.8 Å². The number of benzene rings is 1. The molecule has 1 unspecified atom stereocenters. The van der Waals surface area contributed by atoms with Crippen molar-refractivity contribution >= 4 is 12.4 Å². The molecule has 1 atom stereocenters. The maximum Gasteiger partial charge on any atom is 0.134 e. The monoisotopic (exact) mass is 213 g/mol. The molecule has 0 spiro atoms. The van der Waals surface area contributed by atoms with Gasteiger partial charge in [0.2, 0.25) is 0 Å². The highest BCUT2D eigenvalue weighted by Crippen LogP contribution is 2.18. The Bertz CT molecular complexity index is 284. The van der Waals surface area contributed by atoms with E-state index < -0.39 is 0 Å². The van der Waals surface area contributed by atoms with E-state index in [2.05, 4.69) is 36.5 Å². The molecule has 1 fully saturated rings. The van der Waals surface area contributed by atoms with Crippen LogP contribution in [-0.2, 0) is 4.74 Å². The molecule has 0 bridgehead atoms. The van der Waals surface area contributed by atoms with Gasteiger partial charge in [-0.3, -0.25) is 5.32 Å². The molecule has 3 heteroatoms. The van der Waals surface area contributed by atoms with Crippen molar-refractivity contribution in [3.8, 4) is 0 Å². The minimum absolute atomic E-state index is 0. The topological polar surface area (TPSA) is 21.3 Å². The Labute approximate surface area is 91.1 Å². The van der Waals surface area contributed by atoms with Gasteiger partial charge in [0.05, 0.1) is 6.61 Å². The Morgan fingerprint density at radius 3 is 2.93 bits per heavy atom. The van der Waals surface area contributed by atoms with Crippen LogP contribution >= 0.6 is 12.4 Å². The van der Waals surface area contributed by atoms with Gasteiger partial charge < -0.3 is 4.74 Å². The van der Waals surface area contributed by atoms with E-state index in [1.165, 1.54) is 11.1 Å². The van der Waals surface area contributed by atoms with Gasteiger partial charge in [0.25, 0.3) is 0 Å². The molecule has 0 saturated carbocycles. The van der Waals surface area contributed by atoms with Crippen molar-refractivity contribution in [2.45, 2.75) is 19.6 Å². The Morgan fingerprint density at radius 2 is 2.29 bits per heavy atom. The summed E-state index contributed by atoms with van der Waals surface area (Å²) in [6, 6.07) is 8.45. The van der Waals surface area contributed by atoms with Gasteiger partial charge in [0.1, 0.15) is 6.23 Å². The Kier molecular flexibility index (Phi) is 4.39. The molecule has 0 radical (unpaired) electrons. The minimum Gasteiger partial charge on any atom is -0.359 e. The molecule has 2 rings (SSSR count). The van der Waals surface area contributed by atoms with Crippen molar-refractivity contribution in [2.24, 2.45) is 0 Å². The summed E-state index contributed by atoms with van der Waals surface area (Å²) < 4.78 is 5.61. The zero-order chi connectivity index (χ0) is 9.10. The second-order valence-electron chi connectivity index (χ2n) is 3.47. The van der Waals surface area contributed by atoms with E-state index in [9.17, 15) is 0 Å². The molecule has 1 saturated heterocycles. The summed E-state index contributed by atoms with van der Waals surface area (Å²) in [4.78, 5) is 0. The highest BCUT2D eigenvalue weighted by molar-refractivity contribution is 5.85. The summed E-state index contributed by atoms with van der Waals surface area (Å²) in [5, 5.41) is 3.34. The standard InChI is InChI=1S/C11H15NO.ClH/c1-9-4-2-5-10(8-9)11-12-6-3-7-13-11;/h2,4-5,8,11-12H,3,6-7H2,1H3;1H.